The van der Waals surface area contributed by atoms with Gasteiger partial charge in [-0.2, -0.15) is 0 Å². The van der Waals surface area contributed by atoms with Crippen molar-refractivity contribution in [1.82, 2.24) is 10.3 Å². The number of nitrogens with zero attached hydrogens (tertiary/aromatic N) is 1. The van der Waals surface area contributed by atoms with Crippen molar-refractivity contribution in [1.29, 1.82) is 0 Å². The second-order valence-corrected chi connectivity index (χ2v) is 6.54. The van der Waals surface area contributed by atoms with Crippen molar-refractivity contribution in [3.05, 3.63) is 53.9 Å². The molecule has 0 spiro atoms. The quantitative estimate of drug-likeness (QED) is 0.678. The van der Waals surface area contributed by atoms with Crippen molar-refractivity contribution in [3.63, 3.8) is 0 Å². The predicted octanol–water partition coefficient (Wildman–Crippen LogP) is 3.26. The lowest BCUT2D eigenvalue weighted by atomic mass is 10.0. The van der Waals surface area contributed by atoms with Gasteiger partial charge in [-0.3, -0.25) is 9.78 Å². The molecule has 6 nitrogen and oxygen atoms in total. The summed E-state index contributed by atoms with van der Waals surface area (Å²) in [7, 11) is 1.59. The Morgan fingerprint density at radius 2 is 2.04 bits per heavy atom. The van der Waals surface area contributed by atoms with Crippen LogP contribution in [0.25, 0.3) is 0 Å². The highest BCUT2D eigenvalue weighted by Crippen LogP contribution is 2.29. The number of carboxylic acid groups (broad SMARTS) is 1. The Hall–Kier alpha value is -2.60. The van der Waals surface area contributed by atoms with E-state index in [1.165, 1.54) is 0 Å². The standard InChI is InChI=1S/C20H26N2O4/c1-14(2)9-17(20(23)24)22-12-15-6-7-18(25-3)19(10-15)26-13-16-5-4-8-21-11-16/h4-8,10-11,14,17,22H,9,12-13H2,1-3H3,(H,23,24)/t17-/m0/s1. The van der Waals surface area contributed by atoms with E-state index in [1.807, 2.05) is 44.2 Å². The number of pyridine rings is 1. The Morgan fingerprint density at radius 1 is 1.23 bits per heavy atom. The van der Waals surface area contributed by atoms with Crippen LogP contribution in [0, 0.1) is 5.92 Å². The van der Waals surface area contributed by atoms with Gasteiger partial charge < -0.3 is 19.9 Å². The second-order valence-electron chi connectivity index (χ2n) is 6.54. The third-order valence-electron chi connectivity index (χ3n) is 3.90. The predicted molar refractivity (Wildman–Crippen MR) is 99.3 cm³/mol. The van der Waals surface area contributed by atoms with Gasteiger partial charge in [0.05, 0.1) is 7.11 Å². The first kappa shape index (κ1) is 19.7. The Kier molecular flexibility index (Phi) is 7.41. The number of hydrogen-bond acceptors (Lipinski definition) is 5. The molecule has 26 heavy (non-hydrogen) atoms. The highest BCUT2D eigenvalue weighted by Gasteiger charge is 2.18. The van der Waals surface area contributed by atoms with E-state index in [1.54, 1.807) is 19.5 Å². The van der Waals surface area contributed by atoms with Crippen LogP contribution in [0.2, 0.25) is 0 Å². The molecule has 2 N–H and O–H groups in total. The summed E-state index contributed by atoms with van der Waals surface area (Å²) in [6.07, 6.45) is 4.05. The topological polar surface area (TPSA) is 80.7 Å². The first-order valence-electron chi connectivity index (χ1n) is 8.64. The van der Waals surface area contributed by atoms with Gasteiger partial charge in [-0.25, -0.2) is 0 Å². The monoisotopic (exact) mass is 358 g/mol. The molecule has 2 rings (SSSR count). The molecule has 140 valence electrons. The van der Waals surface area contributed by atoms with Gasteiger partial charge in [-0.15, -0.1) is 0 Å². The normalized spacial score (nSPS) is 12.0. The number of nitrogens with one attached hydrogen (secondary N) is 1. The second kappa shape index (κ2) is 9.77. The van der Waals surface area contributed by atoms with Crippen LogP contribution >= 0.6 is 0 Å². The fourth-order valence-electron chi connectivity index (χ4n) is 2.57. The van der Waals surface area contributed by atoms with Gasteiger partial charge in [0.15, 0.2) is 11.5 Å². The van der Waals surface area contributed by atoms with Crippen LogP contribution in [0.1, 0.15) is 31.4 Å². The van der Waals surface area contributed by atoms with Crippen molar-refractivity contribution in [2.24, 2.45) is 5.92 Å². The number of aromatic nitrogens is 1. The number of hydrogen-bond donors (Lipinski definition) is 2. The molecule has 6 heteroatoms. The van der Waals surface area contributed by atoms with Gasteiger partial charge in [0, 0.05) is 24.5 Å². The van der Waals surface area contributed by atoms with Crippen molar-refractivity contribution in [3.8, 4) is 11.5 Å². The third-order valence-corrected chi connectivity index (χ3v) is 3.90. The summed E-state index contributed by atoms with van der Waals surface area (Å²) in [5, 5.41) is 12.4. The number of rotatable bonds is 10. The van der Waals surface area contributed by atoms with Crippen molar-refractivity contribution in [2.45, 2.75) is 39.5 Å². The smallest absolute Gasteiger partial charge is 0.320 e. The molecule has 0 aliphatic heterocycles. The minimum Gasteiger partial charge on any atom is -0.493 e. The molecule has 0 saturated heterocycles. The van der Waals surface area contributed by atoms with Crippen LogP contribution in [0.5, 0.6) is 11.5 Å². The summed E-state index contributed by atoms with van der Waals surface area (Å²) in [6, 6.07) is 8.82. The summed E-state index contributed by atoms with van der Waals surface area (Å²) < 4.78 is 11.2. The Balaban J connectivity index is 2.04. The van der Waals surface area contributed by atoms with Crippen LogP contribution in [0.4, 0.5) is 0 Å². The molecule has 1 heterocycles. The first-order chi connectivity index (χ1) is 12.5. The summed E-state index contributed by atoms with van der Waals surface area (Å²) >= 11 is 0. The SMILES string of the molecule is COc1ccc(CN[C@@H](CC(C)C)C(=O)O)cc1OCc1cccnc1. The molecule has 0 saturated carbocycles. The van der Waals surface area contributed by atoms with E-state index in [2.05, 4.69) is 10.3 Å². The molecule has 0 unspecified atom stereocenters. The van der Waals surface area contributed by atoms with Crippen LogP contribution in [-0.4, -0.2) is 29.2 Å². The number of methoxy groups -OCH3 is 1. The maximum Gasteiger partial charge on any atom is 0.320 e. The average Bonchev–Trinajstić information content (AvgIpc) is 2.63. The first-order valence-corrected chi connectivity index (χ1v) is 8.64. The largest absolute Gasteiger partial charge is 0.493 e. The lowest BCUT2D eigenvalue weighted by Gasteiger charge is -2.17. The zero-order valence-electron chi connectivity index (χ0n) is 15.4. The van der Waals surface area contributed by atoms with E-state index in [4.69, 9.17) is 9.47 Å². The molecule has 0 fully saturated rings. The fraction of sp³-hybridized carbons (Fsp3) is 0.400. The van der Waals surface area contributed by atoms with Gasteiger partial charge >= 0.3 is 5.97 Å². The van der Waals surface area contributed by atoms with Gasteiger partial charge in [-0.05, 0) is 36.1 Å². The molecule has 0 aliphatic rings. The van der Waals surface area contributed by atoms with E-state index in [0.29, 0.717) is 37.0 Å². The molecule has 1 atom stereocenters. The summed E-state index contributed by atoms with van der Waals surface area (Å²) in [4.78, 5) is 15.4. The fourth-order valence-corrected chi connectivity index (χ4v) is 2.57. The van der Waals surface area contributed by atoms with E-state index in [-0.39, 0.29) is 0 Å². The van der Waals surface area contributed by atoms with E-state index >= 15 is 0 Å². The molecule has 2 aromatic rings. The minimum atomic E-state index is -0.833. The zero-order valence-corrected chi connectivity index (χ0v) is 15.4. The van der Waals surface area contributed by atoms with Gasteiger partial charge in [0.2, 0.25) is 0 Å². The molecule has 1 aromatic heterocycles. The Morgan fingerprint density at radius 3 is 2.65 bits per heavy atom. The minimum absolute atomic E-state index is 0.304. The zero-order chi connectivity index (χ0) is 18.9. The maximum atomic E-state index is 11.4. The van der Waals surface area contributed by atoms with Crippen LogP contribution < -0.4 is 14.8 Å². The molecule has 0 aliphatic carbocycles. The lowest BCUT2D eigenvalue weighted by Crippen LogP contribution is -2.37. The van der Waals surface area contributed by atoms with Crippen molar-refractivity contribution in [2.75, 3.05) is 7.11 Å². The molecular weight excluding hydrogens is 332 g/mol. The average molecular weight is 358 g/mol. The van der Waals surface area contributed by atoms with Gasteiger partial charge in [0.25, 0.3) is 0 Å². The van der Waals surface area contributed by atoms with Crippen molar-refractivity contribution < 1.29 is 19.4 Å². The number of aliphatic carboxylic acids is 1. The van der Waals surface area contributed by atoms with Crippen molar-refractivity contribution >= 4 is 5.97 Å². The van der Waals surface area contributed by atoms with E-state index < -0.39 is 12.0 Å². The Bertz CT molecular complexity index is 704. The number of ether oxygens (including phenoxy) is 2. The number of carbonyl (C=O) groups is 1. The molecule has 0 bridgehead atoms. The summed E-state index contributed by atoms with van der Waals surface area (Å²) in [6.45, 7) is 4.84. The molecule has 1 aromatic carbocycles. The van der Waals surface area contributed by atoms with Crippen LogP contribution in [0.3, 0.4) is 0 Å². The van der Waals surface area contributed by atoms with Gasteiger partial charge in [-0.1, -0.05) is 26.0 Å². The molecule has 0 radical (unpaired) electrons. The summed E-state index contributed by atoms with van der Waals surface area (Å²) in [5.41, 5.74) is 1.89. The van der Waals surface area contributed by atoms with E-state index in [0.717, 1.165) is 11.1 Å². The number of benzene rings is 1. The molecule has 0 amide bonds. The van der Waals surface area contributed by atoms with Crippen LogP contribution in [-0.2, 0) is 17.9 Å². The third kappa shape index (κ3) is 6.04. The highest BCUT2D eigenvalue weighted by molar-refractivity contribution is 5.73. The van der Waals surface area contributed by atoms with Crippen LogP contribution in [0.15, 0.2) is 42.7 Å². The Labute approximate surface area is 154 Å². The lowest BCUT2D eigenvalue weighted by molar-refractivity contribution is -0.140. The number of carboxylic acids is 1. The maximum absolute atomic E-state index is 11.4. The van der Waals surface area contributed by atoms with E-state index in [9.17, 15) is 9.90 Å². The molecular formula is C20H26N2O4. The highest BCUT2D eigenvalue weighted by atomic mass is 16.5. The van der Waals surface area contributed by atoms with Gasteiger partial charge in [0.1, 0.15) is 12.6 Å². The summed E-state index contributed by atoms with van der Waals surface area (Å²) in [5.74, 6) is 0.721.